The summed E-state index contributed by atoms with van der Waals surface area (Å²) in [4.78, 5) is 4.03. The summed E-state index contributed by atoms with van der Waals surface area (Å²) in [7, 11) is 0. The smallest absolute Gasteiger partial charge is 0.213 e. The number of amidine groups is 1. The van der Waals surface area contributed by atoms with Crippen LogP contribution in [0.15, 0.2) is 18.3 Å². The number of rotatable bonds is 8. The Hall–Kier alpha value is -1.62. The first-order chi connectivity index (χ1) is 8.24. The van der Waals surface area contributed by atoms with Gasteiger partial charge in [-0.3, -0.25) is 5.41 Å². The highest BCUT2D eigenvalue weighted by Crippen LogP contribution is 2.08. The van der Waals surface area contributed by atoms with E-state index >= 15 is 0 Å². The standard InChI is InChI=1S/C12H19N3O2/c1-2-3-6-16-7-8-17-11-9-10(12(13)14)4-5-15-11/h4-5,9H,2-3,6-8H2,1H3,(H3,13,14). The molecule has 5 heteroatoms. The molecule has 0 atom stereocenters. The Morgan fingerprint density at radius 1 is 1.41 bits per heavy atom. The molecule has 0 aliphatic carbocycles. The lowest BCUT2D eigenvalue weighted by Crippen LogP contribution is -2.12. The van der Waals surface area contributed by atoms with Crippen molar-refractivity contribution in [3.05, 3.63) is 23.9 Å². The van der Waals surface area contributed by atoms with Crippen LogP contribution >= 0.6 is 0 Å². The number of aromatic nitrogens is 1. The molecule has 1 aromatic rings. The number of pyridine rings is 1. The van der Waals surface area contributed by atoms with Gasteiger partial charge in [-0.15, -0.1) is 0 Å². The van der Waals surface area contributed by atoms with E-state index in [1.165, 1.54) is 0 Å². The lowest BCUT2D eigenvalue weighted by atomic mass is 10.2. The van der Waals surface area contributed by atoms with Crippen LogP contribution in [0, 0.1) is 5.41 Å². The van der Waals surface area contributed by atoms with E-state index in [1.54, 1.807) is 18.3 Å². The molecule has 0 spiro atoms. The summed E-state index contributed by atoms with van der Waals surface area (Å²) in [6.45, 7) is 3.89. The largest absolute Gasteiger partial charge is 0.475 e. The summed E-state index contributed by atoms with van der Waals surface area (Å²) in [6.07, 6.45) is 3.77. The minimum atomic E-state index is 0.0106. The Kier molecular flexibility index (Phi) is 6.03. The second-order valence-corrected chi connectivity index (χ2v) is 3.61. The van der Waals surface area contributed by atoms with Gasteiger partial charge in [0.05, 0.1) is 6.61 Å². The third kappa shape index (κ3) is 5.31. The van der Waals surface area contributed by atoms with Gasteiger partial charge in [-0.1, -0.05) is 13.3 Å². The minimum absolute atomic E-state index is 0.0106. The van der Waals surface area contributed by atoms with Crippen molar-refractivity contribution in [2.75, 3.05) is 19.8 Å². The van der Waals surface area contributed by atoms with Crippen molar-refractivity contribution in [2.45, 2.75) is 19.8 Å². The summed E-state index contributed by atoms with van der Waals surface area (Å²) >= 11 is 0. The maximum Gasteiger partial charge on any atom is 0.213 e. The van der Waals surface area contributed by atoms with Crippen LogP contribution in [-0.4, -0.2) is 30.6 Å². The van der Waals surface area contributed by atoms with Crippen LogP contribution in [0.5, 0.6) is 5.88 Å². The number of nitrogen functional groups attached to an aromatic ring is 1. The number of nitrogens with zero attached hydrogens (tertiary/aromatic N) is 1. The second-order valence-electron chi connectivity index (χ2n) is 3.61. The Morgan fingerprint density at radius 3 is 2.94 bits per heavy atom. The Bertz CT molecular complexity index is 355. The van der Waals surface area contributed by atoms with Crippen molar-refractivity contribution >= 4 is 5.84 Å². The molecule has 94 valence electrons. The van der Waals surface area contributed by atoms with E-state index in [-0.39, 0.29) is 5.84 Å². The van der Waals surface area contributed by atoms with E-state index in [0.29, 0.717) is 24.7 Å². The zero-order chi connectivity index (χ0) is 12.5. The lowest BCUT2D eigenvalue weighted by Gasteiger charge is -2.07. The van der Waals surface area contributed by atoms with Crippen molar-refractivity contribution in [3.63, 3.8) is 0 Å². The number of hydrogen-bond acceptors (Lipinski definition) is 4. The highest BCUT2D eigenvalue weighted by molar-refractivity contribution is 5.95. The van der Waals surface area contributed by atoms with E-state index in [1.807, 2.05) is 0 Å². The third-order valence-corrected chi connectivity index (χ3v) is 2.17. The van der Waals surface area contributed by atoms with Crippen molar-refractivity contribution in [1.82, 2.24) is 4.98 Å². The first-order valence-electron chi connectivity index (χ1n) is 5.75. The van der Waals surface area contributed by atoms with Crippen LogP contribution in [0.25, 0.3) is 0 Å². The molecular formula is C12H19N3O2. The van der Waals surface area contributed by atoms with Crippen molar-refractivity contribution in [1.29, 1.82) is 5.41 Å². The van der Waals surface area contributed by atoms with Gasteiger partial charge in [0.25, 0.3) is 0 Å². The average Bonchev–Trinajstić information content (AvgIpc) is 2.34. The molecule has 0 saturated heterocycles. The number of ether oxygens (including phenoxy) is 2. The zero-order valence-electron chi connectivity index (χ0n) is 10.1. The SMILES string of the molecule is CCCCOCCOc1cc(C(=N)N)ccn1. The van der Waals surface area contributed by atoms with Crippen LogP contribution in [0.3, 0.4) is 0 Å². The monoisotopic (exact) mass is 237 g/mol. The van der Waals surface area contributed by atoms with Crippen LogP contribution in [-0.2, 0) is 4.74 Å². The Morgan fingerprint density at radius 2 is 2.24 bits per heavy atom. The number of unbranched alkanes of at least 4 members (excludes halogenated alkanes) is 1. The number of nitrogens with one attached hydrogen (secondary N) is 1. The molecule has 1 aromatic heterocycles. The maximum absolute atomic E-state index is 7.29. The third-order valence-electron chi connectivity index (χ3n) is 2.17. The summed E-state index contributed by atoms with van der Waals surface area (Å²) in [5, 5.41) is 7.29. The van der Waals surface area contributed by atoms with Gasteiger partial charge in [-0.25, -0.2) is 4.98 Å². The topological polar surface area (TPSA) is 81.2 Å². The molecule has 0 fully saturated rings. The van der Waals surface area contributed by atoms with Gasteiger partial charge in [0.2, 0.25) is 5.88 Å². The predicted molar refractivity (Wildman–Crippen MR) is 66.5 cm³/mol. The normalized spacial score (nSPS) is 10.2. The molecule has 1 heterocycles. The van der Waals surface area contributed by atoms with Gasteiger partial charge in [-0.2, -0.15) is 0 Å². The van der Waals surface area contributed by atoms with Gasteiger partial charge in [0, 0.05) is 24.4 Å². The number of hydrogen-bond donors (Lipinski definition) is 2. The molecule has 1 rings (SSSR count). The van der Waals surface area contributed by atoms with Crippen LogP contribution in [0.4, 0.5) is 0 Å². The van der Waals surface area contributed by atoms with E-state index in [9.17, 15) is 0 Å². The molecule has 0 bridgehead atoms. The Labute approximate surface area is 101 Å². The summed E-state index contributed by atoms with van der Waals surface area (Å²) < 4.78 is 10.7. The maximum atomic E-state index is 7.29. The van der Waals surface area contributed by atoms with E-state index in [2.05, 4.69) is 11.9 Å². The predicted octanol–water partition coefficient (Wildman–Crippen LogP) is 1.56. The fraction of sp³-hybridized carbons (Fsp3) is 0.500. The molecule has 5 nitrogen and oxygen atoms in total. The van der Waals surface area contributed by atoms with Crippen molar-refractivity contribution in [2.24, 2.45) is 5.73 Å². The highest BCUT2D eigenvalue weighted by atomic mass is 16.5. The van der Waals surface area contributed by atoms with Gasteiger partial charge in [-0.05, 0) is 12.5 Å². The molecule has 3 N–H and O–H groups in total. The zero-order valence-corrected chi connectivity index (χ0v) is 10.1. The second kappa shape index (κ2) is 7.62. The molecule has 0 aromatic carbocycles. The highest BCUT2D eigenvalue weighted by Gasteiger charge is 2.00. The molecule has 0 unspecified atom stereocenters. The molecule has 0 aliphatic rings. The van der Waals surface area contributed by atoms with Crippen molar-refractivity contribution in [3.8, 4) is 5.88 Å². The van der Waals surface area contributed by atoms with E-state index in [4.69, 9.17) is 20.6 Å². The quantitative estimate of drug-likeness (QED) is 0.408. The lowest BCUT2D eigenvalue weighted by molar-refractivity contribution is 0.0965. The molecular weight excluding hydrogens is 218 g/mol. The van der Waals surface area contributed by atoms with Gasteiger partial charge in [0.15, 0.2) is 0 Å². The van der Waals surface area contributed by atoms with E-state index < -0.39 is 0 Å². The first-order valence-corrected chi connectivity index (χ1v) is 5.75. The van der Waals surface area contributed by atoms with E-state index in [0.717, 1.165) is 19.4 Å². The first kappa shape index (κ1) is 13.4. The van der Waals surface area contributed by atoms with Crippen LogP contribution < -0.4 is 10.5 Å². The molecule has 0 amide bonds. The molecule has 0 saturated carbocycles. The average molecular weight is 237 g/mol. The van der Waals surface area contributed by atoms with Crippen LogP contribution in [0.2, 0.25) is 0 Å². The summed E-state index contributed by atoms with van der Waals surface area (Å²) in [5.41, 5.74) is 5.98. The minimum Gasteiger partial charge on any atom is -0.475 e. The number of nitrogens with two attached hydrogens (primary N) is 1. The molecule has 0 radical (unpaired) electrons. The van der Waals surface area contributed by atoms with Crippen molar-refractivity contribution < 1.29 is 9.47 Å². The van der Waals surface area contributed by atoms with Gasteiger partial charge < -0.3 is 15.2 Å². The molecule has 0 aliphatic heterocycles. The van der Waals surface area contributed by atoms with Gasteiger partial charge in [0.1, 0.15) is 12.4 Å². The van der Waals surface area contributed by atoms with Crippen LogP contribution in [0.1, 0.15) is 25.3 Å². The summed E-state index contributed by atoms with van der Waals surface area (Å²) in [5.74, 6) is 0.480. The fourth-order valence-electron chi connectivity index (χ4n) is 1.21. The fourth-order valence-corrected chi connectivity index (χ4v) is 1.21. The summed E-state index contributed by atoms with van der Waals surface area (Å²) in [6, 6.07) is 3.32. The molecule has 17 heavy (non-hydrogen) atoms. The van der Waals surface area contributed by atoms with Gasteiger partial charge >= 0.3 is 0 Å². The Balaban J connectivity index is 2.27.